The zero-order valence-corrected chi connectivity index (χ0v) is 24.8. The SMILES string of the molecule is CC(C)c1ccc(-c2ccc(Oc3cc(-c4nc([C@H]5CC(=O)N(C6CC6)C5)no4)c(F)cc3Cn3cnccc3=O)cc2)nn1. The fourth-order valence-electron chi connectivity index (χ4n) is 5.44. The van der Waals surface area contributed by atoms with E-state index in [0.717, 1.165) is 29.8 Å². The molecule has 0 bridgehead atoms. The Hall–Kier alpha value is -5.26. The van der Waals surface area contributed by atoms with Crippen LogP contribution < -0.4 is 10.3 Å². The number of nitrogens with zero attached hydrogens (tertiary/aromatic N) is 7. The molecule has 1 saturated carbocycles. The maximum absolute atomic E-state index is 15.6. The molecule has 2 aliphatic rings. The van der Waals surface area contributed by atoms with E-state index >= 15 is 4.39 Å². The number of amides is 1. The number of halogens is 1. The molecular formula is C33H30FN7O4. The Morgan fingerprint density at radius 2 is 1.87 bits per heavy atom. The number of carbonyl (C=O) groups is 1. The van der Waals surface area contributed by atoms with Crippen LogP contribution >= 0.6 is 0 Å². The van der Waals surface area contributed by atoms with E-state index in [-0.39, 0.29) is 41.3 Å². The first kappa shape index (κ1) is 28.5. The van der Waals surface area contributed by atoms with Crippen molar-refractivity contribution in [2.24, 2.45) is 0 Å². The van der Waals surface area contributed by atoms with Crippen LogP contribution in [0.5, 0.6) is 11.5 Å². The lowest BCUT2D eigenvalue weighted by molar-refractivity contribution is -0.128. The van der Waals surface area contributed by atoms with Crippen molar-refractivity contribution in [3.05, 3.63) is 100 Å². The lowest BCUT2D eigenvalue weighted by atomic mass is 10.1. The van der Waals surface area contributed by atoms with E-state index < -0.39 is 5.82 Å². The number of hydrogen-bond acceptors (Lipinski definition) is 9. The second kappa shape index (κ2) is 11.7. The van der Waals surface area contributed by atoms with Crippen LogP contribution in [0.4, 0.5) is 4.39 Å². The van der Waals surface area contributed by atoms with E-state index in [9.17, 15) is 9.59 Å². The summed E-state index contributed by atoms with van der Waals surface area (Å²) in [5, 5.41) is 12.7. The Balaban J connectivity index is 1.19. The normalized spacial score (nSPS) is 16.5. The van der Waals surface area contributed by atoms with Gasteiger partial charge in [-0.3, -0.25) is 14.2 Å². The maximum Gasteiger partial charge on any atom is 0.261 e. The van der Waals surface area contributed by atoms with Crippen LogP contribution in [0.1, 0.15) is 62.0 Å². The van der Waals surface area contributed by atoms with E-state index in [2.05, 4.69) is 39.2 Å². The third kappa shape index (κ3) is 5.95. The van der Waals surface area contributed by atoms with Gasteiger partial charge in [0.25, 0.3) is 11.4 Å². The Morgan fingerprint density at radius 1 is 1.04 bits per heavy atom. The number of aromatic nitrogens is 6. The molecule has 1 amide bonds. The molecule has 12 heteroatoms. The number of hydrogen-bond donors (Lipinski definition) is 0. The smallest absolute Gasteiger partial charge is 0.261 e. The Labute approximate surface area is 257 Å². The van der Waals surface area contributed by atoms with E-state index in [4.69, 9.17) is 9.26 Å². The third-order valence-electron chi connectivity index (χ3n) is 8.12. The van der Waals surface area contributed by atoms with Crippen LogP contribution in [0.15, 0.2) is 76.4 Å². The highest BCUT2D eigenvalue weighted by Gasteiger charge is 2.41. The van der Waals surface area contributed by atoms with Crippen molar-refractivity contribution in [3.63, 3.8) is 0 Å². The zero-order valence-electron chi connectivity index (χ0n) is 24.8. The van der Waals surface area contributed by atoms with Gasteiger partial charge in [-0.25, -0.2) is 9.37 Å². The number of ether oxygens (including phenoxy) is 1. The summed E-state index contributed by atoms with van der Waals surface area (Å²) in [6, 6.07) is 15.6. The topological polar surface area (TPSA) is 129 Å². The molecule has 1 aliphatic carbocycles. The second-order valence-corrected chi connectivity index (χ2v) is 11.7. The lowest BCUT2D eigenvalue weighted by Crippen LogP contribution is -2.27. The van der Waals surface area contributed by atoms with Crippen LogP contribution in [0.3, 0.4) is 0 Å². The first-order chi connectivity index (χ1) is 21.8. The number of rotatable bonds is 9. The van der Waals surface area contributed by atoms with Gasteiger partial charge in [0.05, 0.1) is 29.8 Å². The highest BCUT2D eigenvalue weighted by Crippen LogP contribution is 2.38. The fraction of sp³-hybridized carbons (Fsp3) is 0.303. The van der Waals surface area contributed by atoms with Crippen molar-refractivity contribution in [2.75, 3.05) is 6.54 Å². The highest BCUT2D eigenvalue weighted by atomic mass is 19.1. The van der Waals surface area contributed by atoms with E-state index in [1.807, 2.05) is 29.2 Å². The molecule has 228 valence electrons. The summed E-state index contributed by atoms with van der Waals surface area (Å²) in [6.45, 7) is 4.67. The molecule has 7 rings (SSSR count). The van der Waals surface area contributed by atoms with Crippen LogP contribution in [0.25, 0.3) is 22.7 Å². The first-order valence-corrected chi connectivity index (χ1v) is 14.9. The highest BCUT2D eigenvalue weighted by molar-refractivity contribution is 5.80. The monoisotopic (exact) mass is 607 g/mol. The minimum atomic E-state index is -0.620. The largest absolute Gasteiger partial charge is 0.457 e. The second-order valence-electron chi connectivity index (χ2n) is 11.7. The number of likely N-dealkylation sites (tertiary alicyclic amines) is 1. The maximum atomic E-state index is 15.6. The van der Waals surface area contributed by atoms with Gasteiger partial charge in [-0.15, -0.1) is 0 Å². The molecule has 1 atom stereocenters. The van der Waals surface area contributed by atoms with Crippen molar-refractivity contribution in [2.45, 2.75) is 57.5 Å². The van der Waals surface area contributed by atoms with Gasteiger partial charge < -0.3 is 14.2 Å². The molecule has 4 heterocycles. The quantitative estimate of drug-likeness (QED) is 0.218. The molecule has 45 heavy (non-hydrogen) atoms. The Bertz CT molecular complexity index is 1920. The number of benzene rings is 2. The summed E-state index contributed by atoms with van der Waals surface area (Å²) in [4.78, 5) is 35.3. The minimum absolute atomic E-state index is 0.0192. The van der Waals surface area contributed by atoms with E-state index in [1.165, 1.54) is 35.3 Å². The molecule has 5 aromatic rings. The van der Waals surface area contributed by atoms with Crippen molar-refractivity contribution >= 4 is 5.91 Å². The van der Waals surface area contributed by atoms with Crippen LogP contribution in [0.2, 0.25) is 0 Å². The molecule has 0 spiro atoms. The Morgan fingerprint density at radius 3 is 2.58 bits per heavy atom. The van der Waals surface area contributed by atoms with Crippen molar-refractivity contribution in [1.29, 1.82) is 0 Å². The van der Waals surface area contributed by atoms with Crippen LogP contribution in [0, 0.1) is 5.82 Å². The standard InChI is InChI=1S/C33H30FN7O4/c1-19(2)27-9-10-28(38-37-27)20-3-7-24(8-4-20)44-29-15-25(26(34)13-21(29)16-40-18-35-12-11-30(40)42)33-36-32(39-45-33)22-14-31(43)41(17-22)23-5-6-23/h3-4,7-13,15,18-19,22-23H,5-6,14,16-17H2,1-2H3/t22-/m0/s1. The van der Waals surface area contributed by atoms with Gasteiger partial charge in [-0.1, -0.05) is 19.0 Å². The summed E-state index contributed by atoms with van der Waals surface area (Å²) >= 11 is 0. The van der Waals surface area contributed by atoms with Gasteiger partial charge in [-0.2, -0.15) is 15.2 Å². The van der Waals surface area contributed by atoms with Gasteiger partial charge in [0.2, 0.25) is 5.91 Å². The van der Waals surface area contributed by atoms with Gasteiger partial charge in [0, 0.05) is 48.3 Å². The summed E-state index contributed by atoms with van der Waals surface area (Å²) in [5.74, 6) is 0.661. The molecular weight excluding hydrogens is 577 g/mol. The van der Waals surface area contributed by atoms with Crippen molar-refractivity contribution in [1.82, 2.24) is 34.8 Å². The van der Waals surface area contributed by atoms with Crippen LogP contribution in [-0.4, -0.2) is 53.3 Å². The molecule has 2 fully saturated rings. The van der Waals surface area contributed by atoms with E-state index in [0.29, 0.717) is 41.9 Å². The molecule has 1 aliphatic heterocycles. The Kier molecular flexibility index (Phi) is 7.40. The molecule has 3 aromatic heterocycles. The van der Waals surface area contributed by atoms with Crippen LogP contribution in [-0.2, 0) is 11.3 Å². The number of carbonyl (C=O) groups excluding carboxylic acids is 1. The summed E-state index contributed by atoms with van der Waals surface area (Å²) in [6.07, 6.45) is 5.12. The molecule has 0 N–H and O–H groups in total. The average molecular weight is 608 g/mol. The van der Waals surface area contributed by atoms with Crippen molar-refractivity contribution < 1.29 is 18.4 Å². The summed E-state index contributed by atoms with van der Waals surface area (Å²) in [5.41, 5.74) is 2.66. The molecule has 11 nitrogen and oxygen atoms in total. The van der Waals surface area contributed by atoms with Gasteiger partial charge in [0.15, 0.2) is 5.82 Å². The third-order valence-corrected chi connectivity index (χ3v) is 8.12. The first-order valence-electron chi connectivity index (χ1n) is 14.9. The summed E-state index contributed by atoms with van der Waals surface area (Å²) < 4.78 is 28.8. The lowest BCUT2D eigenvalue weighted by Gasteiger charge is -2.14. The van der Waals surface area contributed by atoms with Gasteiger partial charge in [-0.05, 0) is 67.3 Å². The molecule has 2 aromatic carbocycles. The molecule has 0 radical (unpaired) electrons. The van der Waals surface area contributed by atoms with Gasteiger partial charge >= 0.3 is 0 Å². The predicted molar refractivity (Wildman–Crippen MR) is 161 cm³/mol. The summed E-state index contributed by atoms with van der Waals surface area (Å²) in [7, 11) is 0. The van der Waals surface area contributed by atoms with E-state index in [1.54, 1.807) is 12.1 Å². The minimum Gasteiger partial charge on any atom is -0.457 e. The molecule has 0 unspecified atom stereocenters. The predicted octanol–water partition coefficient (Wildman–Crippen LogP) is 5.33. The van der Waals surface area contributed by atoms with Crippen molar-refractivity contribution in [3.8, 4) is 34.2 Å². The zero-order chi connectivity index (χ0) is 31.1. The molecule has 1 saturated heterocycles. The van der Waals surface area contributed by atoms with Gasteiger partial charge in [0.1, 0.15) is 17.3 Å². The fourth-order valence-corrected chi connectivity index (χ4v) is 5.44. The average Bonchev–Trinajstić information content (AvgIpc) is 3.63.